The number of ether oxygens (including phenoxy) is 2. The van der Waals surface area contributed by atoms with E-state index in [1.807, 2.05) is 0 Å². The van der Waals surface area contributed by atoms with Gasteiger partial charge in [0.25, 0.3) is 0 Å². The van der Waals surface area contributed by atoms with E-state index in [1.54, 1.807) is 13.2 Å². The molecule has 7 heteroatoms. The summed E-state index contributed by atoms with van der Waals surface area (Å²) in [5.74, 6) is 1.27. The van der Waals surface area contributed by atoms with E-state index in [-0.39, 0.29) is 6.79 Å². The zero-order valence-electron chi connectivity index (χ0n) is 10.0. The quantitative estimate of drug-likeness (QED) is 0.849. The molecule has 0 unspecified atom stereocenters. The lowest BCUT2D eigenvalue weighted by atomic mass is 10.0. The van der Waals surface area contributed by atoms with Gasteiger partial charge in [-0.2, -0.15) is 5.10 Å². The van der Waals surface area contributed by atoms with Gasteiger partial charge in [0.2, 0.25) is 6.79 Å². The van der Waals surface area contributed by atoms with Gasteiger partial charge in [0.05, 0.1) is 22.3 Å². The monoisotopic (exact) mass is 279 g/mol. The smallest absolute Gasteiger partial charge is 0.231 e. The number of nitrogens with zero attached hydrogens (tertiary/aromatic N) is 2. The van der Waals surface area contributed by atoms with Gasteiger partial charge >= 0.3 is 0 Å². The zero-order chi connectivity index (χ0) is 13.6. The Balaban J connectivity index is 2.31. The number of nitrogens with two attached hydrogens (primary N) is 1. The maximum absolute atomic E-state index is 11.0. The van der Waals surface area contributed by atoms with Gasteiger partial charge in [-0.15, -0.1) is 0 Å². The molecule has 0 radical (unpaired) electrons. The van der Waals surface area contributed by atoms with E-state index in [1.165, 1.54) is 10.7 Å². The number of aldehydes is 1. The first kappa shape index (κ1) is 11.9. The Kier molecular flexibility index (Phi) is 2.60. The summed E-state index contributed by atoms with van der Waals surface area (Å²) in [7, 11) is 1.73. The Morgan fingerprint density at radius 2 is 2.21 bits per heavy atom. The van der Waals surface area contributed by atoms with E-state index in [0.717, 1.165) is 0 Å². The number of rotatable bonds is 2. The summed E-state index contributed by atoms with van der Waals surface area (Å²) in [6, 6.07) is 1.53. The van der Waals surface area contributed by atoms with Crippen LogP contribution in [0, 0.1) is 0 Å². The van der Waals surface area contributed by atoms with Crippen molar-refractivity contribution in [3.8, 4) is 22.6 Å². The second kappa shape index (κ2) is 4.17. The number of hydrogen-bond acceptors (Lipinski definition) is 5. The Morgan fingerprint density at radius 1 is 1.47 bits per heavy atom. The summed E-state index contributed by atoms with van der Waals surface area (Å²) in [5.41, 5.74) is 7.53. The van der Waals surface area contributed by atoms with Crippen molar-refractivity contribution in [2.45, 2.75) is 0 Å². The molecule has 0 fully saturated rings. The minimum atomic E-state index is 0.0453. The Hall–Kier alpha value is -2.21. The molecule has 2 heterocycles. The van der Waals surface area contributed by atoms with Gasteiger partial charge in [0.1, 0.15) is 5.82 Å². The van der Waals surface area contributed by atoms with E-state index < -0.39 is 0 Å². The van der Waals surface area contributed by atoms with Crippen LogP contribution in [0.15, 0.2) is 12.3 Å². The summed E-state index contributed by atoms with van der Waals surface area (Å²) in [4.78, 5) is 11.0. The lowest BCUT2D eigenvalue weighted by molar-refractivity contribution is 0.111. The van der Waals surface area contributed by atoms with Crippen LogP contribution in [-0.4, -0.2) is 22.9 Å². The number of aromatic nitrogens is 2. The van der Waals surface area contributed by atoms with E-state index >= 15 is 0 Å². The van der Waals surface area contributed by atoms with Crippen LogP contribution in [0.3, 0.4) is 0 Å². The molecule has 0 bridgehead atoms. The molecular formula is C12H10ClN3O3. The fourth-order valence-corrected chi connectivity index (χ4v) is 2.34. The zero-order valence-corrected chi connectivity index (χ0v) is 10.8. The topological polar surface area (TPSA) is 79.4 Å². The van der Waals surface area contributed by atoms with Crippen LogP contribution in [0.2, 0.25) is 5.02 Å². The molecule has 3 rings (SSSR count). The molecular weight excluding hydrogens is 270 g/mol. The normalized spacial score (nSPS) is 12.7. The van der Waals surface area contributed by atoms with Crippen LogP contribution < -0.4 is 15.2 Å². The molecule has 98 valence electrons. The van der Waals surface area contributed by atoms with E-state index in [0.29, 0.717) is 45.3 Å². The van der Waals surface area contributed by atoms with Crippen LogP contribution in [-0.2, 0) is 7.05 Å². The van der Waals surface area contributed by atoms with Crippen molar-refractivity contribution < 1.29 is 14.3 Å². The number of nitrogen functional groups attached to an aromatic ring is 1. The predicted molar refractivity (Wildman–Crippen MR) is 69.6 cm³/mol. The highest BCUT2D eigenvalue weighted by Crippen LogP contribution is 2.48. The van der Waals surface area contributed by atoms with Gasteiger partial charge in [-0.3, -0.25) is 9.48 Å². The van der Waals surface area contributed by atoms with Gasteiger partial charge in [-0.25, -0.2) is 0 Å². The maximum atomic E-state index is 11.0. The summed E-state index contributed by atoms with van der Waals surface area (Å²) in [5, 5.41) is 4.44. The van der Waals surface area contributed by atoms with Crippen molar-refractivity contribution in [2.24, 2.45) is 7.05 Å². The number of fused-ring (bicyclic) bond motifs is 1. The average molecular weight is 280 g/mol. The first-order chi connectivity index (χ1) is 9.13. The number of carbonyl (C=O) groups excluding carboxylic acids is 1. The lowest BCUT2D eigenvalue weighted by Gasteiger charge is -2.09. The van der Waals surface area contributed by atoms with Crippen molar-refractivity contribution in [1.29, 1.82) is 0 Å². The molecule has 0 aliphatic carbocycles. The van der Waals surface area contributed by atoms with Gasteiger partial charge in [0.15, 0.2) is 17.8 Å². The molecule has 0 amide bonds. The first-order valence-electron chi connectivity index (χ1n) is 5.48. The Labute approximate surface area is 113 Å². The third kappa shape index (κ3) is 1.64. The molecule has 6 nitrogen and oxygen atoms in total. The average Bonchev–Trinajstić information content (AvgIpc) is 2.99. The summed E-state index contributed by atoms with van der Waals surface area (Å²) in [6.07, 6.45) is 2.27. The lowest BCUT2D eigenvalue weighted by Crippen LogP contribution is -1.99. The largest absolute Gasteiger partial charge is 0.453 e. The number of carbonyl (C=O) groups is 1. The molecule has 2 aromatic rings. The SMILES string of the molecule is Cn1ncc(-c2c(Cl)cc(C=O)c3c2OCO3)c1N. The number of benzene rings is 1. The summed E-state index contributed by atoms with van der Waals surface area (Å²) < 4.78 is 12.2. The first-order valence-corrected chi connectivity index (χ1v) is 5.86. The third-order valence-corrected chi connectivity index (χ3v) is 3.30. The van der Waals surface area contributed by atoms with Crippen LogP contribution in [0.5, 0.6) is 11.5 Å². The van der Waals surface area contributed by atoms with E-state index in [2.05, 4.69) is 5.10 Å². The highest BCUT2D eigenvalue weighted by Gasteiger charge is 2.27. The van der Waals surface area contributed by atoms with Crippen molar-refractivity contribution in [3.05, 3.63) is 22.8 Å². The fourth-order valence-electron chi connectivity index (χ4n) is 2.04. The van der Waals surface area contributed by atoms with Crippen LogP contribution >= 0.6 is 11.6 Å². The molecule has 0 saturated heterocycles. The highest BCUT2D eigenvalue weighted by molar-refractivity contribution is 6.34. The third-order valence-electron chi connectivity index (χ3n) is 3.00. The number of halogens is 1. The van der Waals surface area contributed by atoms with Gasteiger partial charge in [-0.1, -0.05) is 11.6 Å². The van der Waals surface area contributed by atoms with Crippen molar-refractivity contribution in [1.82, 2.24) is 9.78 Å². The standard InChI is InChI=1S/C12H10ClN3O3/c1-16-12(14)7(3-15-16)9-8(13)2-6(4-17)10-11(9)19-5-18-10/h2-4H,5,14H2,1H3. The maximum Gasteiger partial charge on any atom is 0.231 e. The molecule has 0 saturated carbocycles. The molecule has 19 heavy (non-hydrogen) atoms. The number of hydrogen-bond donors (Lipinski definition) is 1. The van der Waals surface area contributed by atoms with Crippen LogP contribution in [0.4, 0.5) is 5.82 Å². The molecule has 0 spiro atoms. The van der Waals surface area contributed by atoms with E-state index in [9.17, 15) is 4.79 Å². The number of aryl methyl sites for hydroxylation is 1. The molecule has 1 aliphatic heterocycles. The van der Waals surface area contributed by atoms with Gasteiger partial charge < -0.3 is 15.2 Å². The second-order valence-corrected chi connectivity index (χ2v) is 4.48. The fraction of sp³-hybridized carbons (Fsp3) is 0.167. The van der Waals surface area contributed by atoms with Crippen molar-refractivity contribution >= 4 is 23.7 Å². The summed E-state index contributed by atoms with van der Waals surface area (Å²) >= 11 is 6.22. The number of anilines is 1. The summed E-state index contributed by atoms with van der Waals surface area (Å²) in [6.45, 7) is 0.0453. The van der Waals surface area contributed by atoms with Gasteiger partial charge in [0, 0.05) is 12.6 Å². The highest BCUT2D eigenvalue weighted by atomic mass is 35.5. The Morgan fingerprint density at radius 3 is 2.84 bits per heavy atom. The van der Waals surface area contributed by atoms with Crippen LogP contribution in [0.25, 0.3) is 11.1 Å². The van der Waals surface area contributed by atoms with Crippen molar-refractivity contribution in [2.75, 3.05) is 12.5 Å². The molecule has 1 aliphatic rings. The van der Waals surface area contributed by atoms with Crippen LogP contribution in [0.1, 0.15) is 10.4 Å². The van der Waals surface area contributed by atoms with Gasteiger partial charge in [-0.05, 0) is 6.07 Å². The minimum Gasteiger partial charge on any atom is -0.453 e. The Bertz CT molecular complexity index is 681. The predicted octanol–water partition coefficient (Wildman–Crippen LogP) is 1.86. The minimum absolute atomic E-state index is 0.0453. The molecule has 1 aromatic heterocycles. The van der Waals surface area contributed by atoms with E-state index in [4.69, 9.17) is 26.8 Å². The van der Waals surface area contributed by atoms with Crippen molar-refractivity contribution in [3.63, 3.8) is 0 Å². The molecule has 0 atom stereocenters. The second-order valence-electron chi connectivity index (χ2n) is 4.07. The molecule has 2 N–H and O–H groups in total. The molecule has 1 aromatic carbocycles.